The van der Waals surface area contributed by atoms with Crippen LogP contribution in [0, 0.1) is 13.8 Å². The molecule has 3 N–H and O–H groups in total. The van der Waals surface area contributed by atoms with Gasteiger partial charge in [-0.25, -0.2) is 0 Å². The van der Waals surface area contributed by atoms with Gasteiger partial charge in [0.05, 0.1) is 17.6 Å². The highest BCUT2D eigenvalue weighted by Gasteiger charge is 2.11. The molecular weight excluding hydrogens is 166 g/mol. The van der Waals surface area contributed by atoms with Crippen molar-refractivity contribution in [1.82, 2.24) is 10.2 Å². The number of nitrogen functional groups attached to an aromatic ring is 1. The van der Waals surface area contributed by atoms with Crippen molar-refractivity contribution in [2.75, 3.05) is 5.73 Å². The van der Waals surface area contributed by atoms with E-state index < -0.39 is 0 Å². The van der Waals surface area contributed by atoms with Gasteiger partial charge in [0.15, 0.2) is 0 Å². The molecule has 13 heavy (non-hydrogen) atoms. The number of nitrogens with zero attached hydrogens (tertiary/aromatic N) is 1. The van der Waals surface area contributed by atoms with Gasteiger partial charge >= 0.3 is 0 Å². The molecule has 4 nitrogen and oxygen atoms in total. The zero-order valence-electron chi connectivity index (χ0n) is 7.59. The van der Waals surface area contributed by atoms with Crippen molar-refractivity contribution in [3.8, 4) is 11.3 Å². The lowest BCUT2D eigenvalue weighted by Gasteiger charge is -1.94. The monoisotopic (exact) mass is 177 g/mol. The molecule has 0 aliphatic carbocycles. The Balaban J connectivity index is 2.58. The van der Waals surface area contributed by atoms with E-state index >= 15 is 0 Å². The van der Waals surface area contributed by atoms with Crippen molar-refractivity contribution in [1.29, 1.82) is 0 Å². The van der Waals surface area contributed by atoms with Crippen LogP contribution in [0.15, 0.2) is 16.7 Å². The third-order valence-corrected chi connectivity index (χ3v) is 1.98. The molecule has 0 aliphatic rings. The van der Waals surface area contributed by atoms with Crippen LogP contribution in [-0.2, 0) is 0 Å². The molecule has 0 fully saturated rings. The second-order valence-corrected chi connectivity index (χ2v) is 3.03. The van der Waals surface area contributed by atoms with Crippen LogP contribution in [0.4, 0.5) is 5.69 Å². The number of aromatic amines is 1. The number of rotatable bonds is 1. The quantitative estimate of drug-likeness (QED) is 0.698. The van der Waals surface area contributed by atoms with Crippen molar-refractivity contribution in [2.45, 2.75) is 13.8 Å². The van der Waals surface area contributed by atoms with E-state index in [9.17, 15) is 0 Å². The molecule has 0 aliphatic heterocycles. The summed E-state index contributed by atoms with van der Waals surface area (Å²) in [6, 6.07) is 1.94. The highest BCUT2D eigenvalue weighted by Crippen LogP contribution is 2.28. The van der Waals surface area contributed by atoms with Gasteiger partial charge in [0.25, 0.3) is 0 Å². The number of nitrogens with two attached hydrogens (primary N) is 1. The van der Waals surface area contributed by atoms with Crippen molar-refractivity contribution in [3.63, 3.8) is 0 Å². The van der Waals surface area contributed by atoms with Crippen LogP contribution in [0.5, 0.6) is 0 Å². The largest absolute Gasteiger partial charge is 0.466 e. The minimum absolute atomic E-state index is 0.643. The summed E-state index contributed by atoms with van der Waals surface area (Å²) in [4.78, 5) is 0. The number of anilines is 1. The summed E-state index contributed by atoms with van der Waals surface area (Å²) in [5.74, 6) is 1.73. The molecule has 0 unspecified atom stereocenters. The van der Waals surface area contributed by atoms with Crippen LogP contribution >= 0.6 is 0 Å². The number of aryl methyl sites for hydroxylation is 2. The molecule has 0 amide bonds. The van der Waals surface area contributed by atoms with Gasteiger partial charge in [0.1, 0.15) is 11.5 Å². The van der Waals surface area contributed by atoms with Crippen LogP contribution in [0.2, 0.25) is 0 Å². The van der Waals surface area contributed by atoms with Crippen LogP contribution < -0.4 is 5.73 Å². The average Bonchev–Trinajstić information content (AvgIpc) is 2.58. The van der Waals surface area contributed by atoms with E-state index in [1.807, 2.05) is 19.9 Å². The molecule has 0 saturated carbocycles. The van der Waals surface area contributed by atoms with Crippen molar-refractivity contribution < 1.29 is 4.42 Å². The standard InChI is InChI=1S/C9H11N3O/c1-5-3-7(6(2)13-5)9-8(10)4-11-12-9/h3-4H,10H2,1-2H3,(H,11,12). The molecule has 0 atom stereocenters. The van der Waals surface area contributed by atoms with E-state index in [1.165, 1.54) is 0 Å². The summed E-state index contributed by atoms with van der Waals surface area (Å²) in [6.07, 6.45) is 1.59. The predicted octanol–water partition coefficient (Wildman–Crippen LogP) is 1.87. The Morgan fingerprint density at radius 3 is 2.69 bits per heavy atom. The molecular formula is C9H11N3O. The van der Waals surface area contributed by atoms with Crippen LogP contribution in [0.1, 0.15) is 11.5 Å². The highest BCUT2D eigenvalue weighted by atomic mass is 16.3. The van der Waals surface area contributed by atoms with E-state index in [0.29, 0.717) is 5.69 Å². The molecule has 0 saturated heterocycles. The van der Waals surface area contributed by atoms with Gasteiger partial charge in [-0.1, -0.05) is 0 Å². The third kappa shape index (κ3) is 1.20. The van der Waals surface area contributed by atoms with Crippen molar-refractivity contribution in [2.24, 2.45) is 0 Å². The summed E-state index contributed by atoms with van der Waals surface area (Å²) in [7, 11) is 0. The minimum atomic E-state index is 0.643. The van der Waals surface area contributed by atoms with Gasteiger partial charge in [-0.15, -0.1) is 0 Å². The summed E-state index contributed by atoms with van der Waals surface area (Å²) < 4.78 is 5.39. The first-order chi connectivity index (χ1) is 6.18. The summed E-state index contributed by atoms with van der Waals surface area (Å²) in [5.41, 5.74) is 8.17. The fraction of sp³-hybridized carbons (Fsp3) is 0.222. The maximum atomic E-state index is 5.72. The molecule has 0 aromatic carbocycles. The number of aromatic nitrogens is 2. The summed E-state index contributed by atoms with van der Waals surface area (Å²) in [6.45, 7) is 3.81. The third-order valence-electron chi connectivity index (χ3n) is 1.98. The van der Waals surface area contributed by atoms with Crippen molar-refractivity contribution in [3.05, 3.63) is 23.8 Å². The van der Waals surface area contributed by atoms with Crippen LogP contribution in [0.25, 0.3) is 11.3 Å². The van der Waals surface area contributed by atoms with Crippen LogP contribution in [-0.4, -0.2) is 10.2 Å². The first-order valence-corrected chi connectivity index (χ1v) is 4.04. The first kappa shape index (κ1) is 7.91. The van der Waals surface area contributed by atoms with E-state index in [0.717, 1.165) is 22.8 Å². The van der Waals surface area contributed by atoms with Gasteiger partial charge in [-0.2, -0.15) is 5.10 Å². The number of nitrogens with one attached hydrogen (secondary N) is 1. The second-order valence-electron chi connectivity index (χ2n) is 3.03. The SMILES string of the molecule is Cc1cc(-c2[nH]ncc2N)c(C)o1. The van der Waals surface area contributed by atoms with E-state index in [2.05, 4.69) is 10.2 Å². The van der Waals surface area contributed by atoms with Gasteiger partial charge < -0.3 is 10.2 Å². The molecule has 2 heterocycles. The van der Waals surface area contributed by atoms with Gasteiger partial charge in [0, 0.05) is 5.56 Å². The van der Waals surface area contributed by atoms with Gasteiger partial charge in [-0.3, -0.25) is 5.10 Å². The second kappa shape index (κ2) is 2.65. The number of hydrogen-bond acceptors (Lipinski definition) is 3. The van der Waals surface area contributed by atoms with E-state index in [1.54, 1.807) is 6.20 Å². The highest BCUT2D eigenvalue weighted by molar-refractivity contribution is 5.73. The average molecular weight is 177 g/mol. The fourth-order valence-corrected chi connectivity index (χ4v) is 1.39. The smallest absolute Gasteiger partial charge is 0.110 e. The van der Waals surface area contributed by atoms with Gasteiger partial charge in [0.2, 0.25) is 0 Å². The zero-order valence-corrected chi connectivity index (χ0v) is 7.59. The Labute approximate surface area is 75.7 Å². The lowest BCUT2D eigenvalue weighted by molar-refractivity contribution is 0.505. The zero-order chi connectivity index (χ0) is 9.42. The number of H-pyrrole nitrogens is 1. The van der Waals surface area contributed by atoms with E-state index in [-0.39, 0.29) is 0 Å². The Morgan fingerprint density at radius 2 is 2.23 bits per heavy atom. The van der Waals surface area contributed by atoms with E-state index in [4.69, 9.17) is 10.2 Å². The molecule has 0 radical (unpaired) electrons. The van der Waals surface area contributed by atoms with Gasteiger partial charge in [-0.05, 0) is 19.9 Å². The minimum Gasteiger partial charge on any atom is -0.466 e. The predicted molar refractivity (Wildman–Crippen MR) is 50.2 cm³/mol. The Morgan fingerprint density at radius 1 is 1.46 bits per heavy atom. The molecule has 2 aromatic heterocycles. The molecule has 0 spiro atoms. The van der Waals surface area contributed by atoms with Crippen molar-refractivity contribution >= 4 is 5.69 Å². The lowest BCUT2D eigenvalue weighted by atomic mass is 10.1. The Bertz CT molecular complexity index is 428. The number of hydrogen-bond donors (Lipinski definition) is 2. The lowest BCUT2D eigenvalue weighted by Crippen LogP contribution is -1.86. The summed E-state index contributed by atoms with van der Waals surface area (Å²) >= 11 is 0. The maximum absolute atomic E-state index is 5.72. The molecule has 68 valence electrons. The molecule has 2 rings (SSSR count). The first-order valence-electron chi connectivity index (χ1n) is 4.04. The molecule has 4 heteroatoms. The maximum Gasteiger partial charge on any atom is 0.110 e. The molecule has 2 aromatic rings. The Kier molecular flexibility index (Phi) is 1.62. The fourth-order valence-electron chi connectivity index (χ4n) is 1.39. The Hall–Kier alpha value is -1.71. The molecule has 0 bridgehead atoms. The summed E-state index contributed by atoms with van der Waals surface area (Å²) in [5, 5.41) is 6.70. The topological polar surface area (TPSA) is 67.8 Å². The van der Waals surface area contributed by atoms with Crippen LogP contribution in [0.3, 0.4) is 0 Å². The number of furan rings is 1. The normalized spacial score (nSPS) is 10.6.